The zero-order valence-electron chi connectivity index (χ0n) is 16.7. The lowest BCUT2D eigenvalue weighted by molar-refractivity contribution is 0.0666. The normalized spacial score (nSPS) is 20.0. The second kappa shape index (κ2) is 8.73. The van der Waals surface area contributed by atoms with E-state index in [2.05, 4.69) is 25.8 Å². The van der Waals surface area contributed by atoms with Crippen molar-refractivity contribution >= 4 is 48.7 Å². The minimum atomic E-state index is -4.17. The van der Waals surface area contributed by atoms with Crippen molar-refractivity contribution in [3.63, 3.8) is 0 Å². The van der Waals surface area contributed by atoms with E-state index in [4.69, 9.17) is 6.57 Å². The number of halogens is 2. The third-order valence-corrected chi connectivity index (χ3v) is 9.17. The number of sulfone groups is 1. The summed E-state index contributed by atoms with van der Waals surface area (Å²) in [5, 5.41) is -2.95. The van der Waals surface area contributed by atoms with Crippen LogP contribution in [0.3, 0.4) is 0 Å². The van der Waals surface area contributed by atoms with Gasteiger partial charge >= 0.3 is 0 Å². The molecule has 0 unspecified atom stereocenters. The summed E-state index contributed by atoms with van der Waals surface area (Å²) in [6.45, 7) is 6.43. The number of aromatic nitrogens is 1. The molecule has 2 heterocycles. The summed E-state index contributed by atoms with van der Waals surface area (Å²) in [5.41, 5.74) is 1.45. The van der Waals surface area contributed by atoms with Crippen LogP contribution in [0.4, 0.5) is 10.1 Å². The van der Waals surface area contributed by atoms with Gasteiger partial charge in [-0.3, -0.25) is 4.79 Å². The third kappa shape index (κ3) is 4.20. The van der Waals surface area contributed by atoms with Gasteiger partial charge in [-0.2, -0.15) is 0 Å². The van der Waals surface area contributed by atoms with Crippen LogP contribution < -0.4 is 0 Å². The zero-order chi connectivity index (χ0) is 22.9. The van der Waals surface area contributed by atoms with Gasteiger partial charge in [-0.1, -0.05) is 58.4 Å². The molecular weight excluding hydrogens is 517 g/mol. The lowest BCUT2D eigenvalue weighted by Crippen LogP contribution is -2.53. The first-order valence-electron chi connectivity index (χ1n) is 9.60. The Labute approximate surface area is 197 Å². The molecule has 1 aliphatic rings. The van der Waals surface area contributed by atoms with Crippen LogP contribution >= 0.6 is 27.3 Å². The molecule has 32 heavy (non-hydrogen) atoms. The van der Waals surface area contributed by atoms with Gasteiger partial charge in [0.05, 0.1) is 18.9 Å². The van der Waals surface area contributed by atoms with Crippen LogP contribution in [-0.2, 0) is 21.3 Å². The van der Waals surface area contributed by atoms with Crippen molar-refractivity contribution in [2.45, 2.75) is 11.4 Å². The highest BCUT2D eigenvalue weighted by molar-refractivity contribution is 9.10. The SMILES string of the molecule is [C-]#[N+]c1cc(C(=O)N2CCS(=O)(=O)[C@@](F)(c3ncc(Cc4ccccc4)s3)C2)ccc1Br. The molecule has 1 amide bonds. The molecule has 0 radical (unpaired) electrons. The molecule has 1 aliphatic heterocycles. The zero-order valence-corrected chi connectivity index (χ0v) is 19.9. The van der Waals surface area contributed by atoms with Gasteiger partial charge in [0.2, 0.25) is 5.69 Å². The third-order valence-electron chi connectivity index (χ3n) is 5.21. The monoisotopic (exact) mass is 533 g/mol. The fourth-order valence-electron chi connectivity index (χ4n) is 3.46. The van der Waals surface area contributed by atoms with Crippen LogP contribution in [0, 0.1) is 6.57 Å². The first-order chi connectivity index (χ1) is 15.2. The summed E-state index contributed by atoms with van der Waals surface area (Å²) in [4.78, 5) is 22.3. The summed E-state index contributed by atoms with van der Waals surface area (Å²) >= 11 is 4.24. The molecule has 0 saturated carbocycles. The van der Waals surface area contributed by atoms with Crippen LogP contribution in [0.15, 0.2) is 59.2 Å². The van der Waals surface area contributed by atoms with Gasteiger partial charge in [0, 0.05) is 34.1 Å². The Bertz CT molecular complexity index is 1320. The lowest BCUT2D eigenvalue weighted by atomic mass is 10.1. The van der Waals surface area contributed by atoms with E-state index >= 15 is 4.39 Å². The van der Waals surface area contributed by atoms with Gasteiger partial charge < -0.3 is 4.90 Å². The molecule has 164 valence electrons. The molecular formula is C22H17BrFN3O3S2. The Hall–Kier alpha value is -2.61. The van der Waals surface area contributed by atoms with E-state index < -0.39 is 33.0 Å². The topological polar surface area (TPSA) is 71.7 Å². The number of carbonyl (C=O) groups is 1. The Morgan fingerprint density at radius 3 is 2.75 bits per heavy atom. The molecule has 6 nitrogen and oxygen atoms in total. The average Bonchev–Trinajstić information content (AvgIpc) is 3.25. The fourth-order valence-corrected chi connectivity index (χ4v) is 6.67. The number of hydrogen-bond acceptors (Lipinski definition) is 5. The first kappa shape index (κ1) is 22.6. The van der Waals surface area contributed by atoms with Crippen LogP contribution in [0.1, 0.15) is 25.8 Å². The second-order valence-corrected chi connectivity index (χ2v) is 11.6. The predicted molar refractivity (Wildman–Crippen MR) is 124 cm³/mol. The molecule has 3 aromatic rings. The number of amides is 1. The minimum Gasteiger partial charge on any atom is -0.333 e. The van der Waals surface area contributed by atoms with Crippen LogP contribution in [-0.4, -0.2) is 43.1 Å². The van der Waals surface area contributed by atoms with Gasteiger partial charge in [0.15, 0.2) is 9.84 Å². The quantitative estimate of drug-likeness (QED) is 0.454. The van der Waals surface area contributed by atoms with Crippen LogP contribution in [0.25, 0.3) is 4.85 Å². The molecule has 0 N–H and O–H groups in total. The average molecular weight is 534 g/mol. The van der Waals surface area contributed by atoms with Crippen LogP contribution in [0.5, 0.6) is 0 Å². The first-order valence-corrected chi connectivity index (χ1v) is 12.9. The van der Waals surface area contributed by atoms with Crippen molar-refractivity contribution in [2.24, 2.45) is 0 Å². The number of alkyl halides is 1. The largest absolute Gasteiger partial charge is 0.333 e. The summed E-state index contributed by atoms with van der Waals surface area (Å²) in [6.07, 6.45) is 2.00. The maximum absolute atomic E-state index is 16.1. The fraction of sp³-hybridized carbons (Fsp3) is 0.227. The van der Waals surface area contributed by atoms with E-state index in [0.717, 1.165) is 21.8 Å². The van der Waals surface area contributed by atoms with Crippen molar-refractivity contribution in [1.82, 2.24) is 9.88 Å². The highest BCUT2D eigenvalue weighted by Crippen LogP contribution is 2.40. The van der Waals surface area contributed by atoms with Gasteiger partial charge in [-0.25, -0.2) is 22.6 Å². The van der Waals surface area contributed by atoms with E-state index in [1.165, 1.54) is 23.2 Å². The smallest absolute Gasteiger partial charge is 0.278 e. The Kier molecular flexibility index (Phi) is 6.16. The van der Waals surface area contributed by atoms with Crippen molar-refractivity contribution in [3.8, 4) is 0 Å². The Morgan fingerprint density at radius 1 is 1.28 bits per heavy atom. The Balaban J connectivity index is 1.61. The number of nitrogens with zero attached hydrogens (tertiary/aromatic N) is 3. The van der Waals surface area contributed by atoms with Crippen molar-refractivity contribution in [2.75, 3.05) is 18.8 Å². The molecule has 0 spiro atoms. The summed E-state index contributed by atoms with van der Waals surface area (Å²) < 4.78 is 42.1. The standard InChI is InChI=1S/C22H17BrFN3O3S2/c1-25-19-12-16(7-8-18(19)23)20(28)27-9-10-32(29,30)22(24,14-27)21-26-13-17(31-21)11-15-5-3-2-4-6-15/h2-8,12-13H,9-11,14H2/t22-/m1/s1. The molecule has 10 heteroatoms. The molecule has 2 aromatic carbocycles. The number of thiazole rings is 1. The second-order valence-electron chi connectivity index (χ2n) is 7.35. The van der Waals surface area contributed by atoms with Crippen molar-refractivity contribution < 1.29 is 17.6 Å². The molecule has 0 aliphatic carbocycles. The van der Waals surface area contributed by atoms with E-state index in [1.54, 1.807) is 6.07 Å². The number of benzene rings is 2. The van der Waals surface area contributed by atoms with Crippen molar-refractivity contribution in [1.29, 1.82) is 0 Å². The highest BCUT2D eigenvalue weighted by Gasteiger charge is 2.53. The van der Waals surface area contributed by atoms with E-state index in [0.29, 0.717) is 10.9 Å². The van der Waals surface area contributed by atoms with E-state index in [1.807, 2.05) is 30.3 Å². The Morgan fingerprint density at radius 2 is 2.03 bits per heavy atom. The van der Waals surface area contributed by atoms with Gasteiger partial charge in [-0.15, -0.1) is 11.3 Å². The molecule has 4 rings (SSSR count). The lowest BCUT2D eigenvalue weighted by Gasteiger charge is -2.35. The van der Waals surface area contributed by atoms with Gasteiger partial charge in [0.1, 0.15) is 5.01 Å². The summed E-state index contributed by atoms with van der Waals surface area (Å²) in [5.74, 6) is -1.03. The van der Waals surface area contributed by atoms with E-state index in [-0.39, 0.29) is 22.8 Å². The van der Waals surface area contributed by atoms with Gasteiger partial charge in [0.25, 0.3) is 10.9 Å². The maximum Gasteiger partial charge on any atom is 0.278 e. The predicted octanol–water partition coefficient (Wildman–Crippen LogP) is 4.74. The van der Waals surface area contributed by atoms with Crippen LogP contribution in [0.2, 0.25) is 0 Å². The highest BCUT2D eigenvalue weighted by atomic mass is 79.9. The summed E-state index contributed by atoms with van der Waals surface area (Å²) in [7, 11) is -4.17. The van der Waals surface area contributed by atoms with Gasteiger partial charge in [-0.05, 0) is 11.6 Å². The maximum atomic E-state index is 16.1. The minimum absolute atomic E-state index is 0.126. The molecule has 1 saturated heterocycles. The molecule has 1 atom stereocenters. The summed E-state index contributed by atoms with van der Waals surface area (Å²) in [6, 6.07) is 14.0. The number of hydrogen-bond donors (Lipinski definition) is 0. The van der Waals surface area contributed by atoms with Crippen molar-refractivity contribution in [3.05, 3.63) is 91.6 Å². The van der Waals surface area contributed by atoms with E-state index in [9.17, 15) is 13.2 Å². The molecule has 0 bridgehead atoms. The molecule has 1 aromatic heterocycles. The molecule has 1 fully saturated rings. The number of rotatable bonds is 4. The number of carbonyl (C=O) groups excluding carboxylic acids is 1.